The molecule has 15 unspecified atom stereocenters. The number of rotatable bonds is 6. The third kappa shape index (κ3) is 3.32. The summed E-state index contributed by atoms with van der Waals surface area (Å²) in [5, 5.41) is 12.1. The number of hydrogen-bond acceptors (Lipinski definition) is 10. The molecule has 10 rings (SSSR count). The van der Waals surface area contributed by atoms with Gasteiger partial charge >= 0.3 is 23.9 Å². The SMILES string of the molecule is C=C1CC23CC4C5C6(C)CN4C4C2C(OC(=O)c2ccccc2)C1C(OC(C)=O)C3C45C(OC(C)=O)C(OC(=O)C(C)C)C6O. The monoisotopic (exact) mass is 619 g/mol. The number of fused-ring (bicyclic) bond motifs is 1. The third-order valence-electron chi connectivity index (χ3n) is 13.0. The number of aliphatic hydroxyl groups excluding tert-OH is 1. The second-order valence-electron chi connectivity index (χ2n) is 15.3. The van der Waals surface area contributed by atoms with Gasteiger partial charge in [-0.05, 0) is 36.3 Å². The molecule has 10 heteroatoms. The highest BCUT2D eigenvalue weighted by Crippen LogP contribution is 2.87. The fraction of sp³-hybridized carbons (Fsp3) is 0.657. The van der Waals surface area contributed by atoms with Gasteiger partial charge in [-0.3, -0.25) is 19.3 Å². The van der Waals surface area contributed by atoms with Gasteiger partial charge in [-0.1, -0.05) is 51.1 Å². The van der Waals surface area contributed by atoms with E-state index >= 15 is 0 Å². The molecule has 10 nitrogen and oxygen atoms in total. The van der Waals surface area contributed by atoms with E-state index in [9.17, 15) is 24.3 Å². The maximum Gasteiger partial charge on any atom is 0.338 e. The molecule has 3 saturated heterocycles. The van der Waals surface area contributed by atoms with Crippen LogP contribution in [0.3, 0.4) is 0 Å². The Kier molecular flexibility index (Phi) is 5.96. The maximum absolute atomic E-state index is 13.7. The third-order valence-corrected chi connectivity index (χ3v) is 13.0. The largest absolute Gasteiger partial charge is 0.461 e. The molecule has 0 amide bonds. The average Bonchev–Trinajstić information content (AvgIpc) is 3.42. The van der Waals surface area contributed by atoms with Gasteiger partial charge < -0.3 is 24.1 Å². The molecule has 15 atom stereocenters. The maximum atomic E-state index is 13.7. The van der Waals surface area contributed by atoms with E-state index < -0.39 is 82.5 Å². The van der Waals surface area contributed by atoms with Gasteiger partial charge in [-0.15, -0.1) is 0 Å². The summed E-state index contributed by atoms with van der Waals surface area (Å²) in [6.45, 7) is 13.3. The van der Waals surface area contributed by atoms with Crippen LogP contribution in [-0.2, 0) is 33.3 Å². The summed E-state index contributed by atoms with van der Waals surface area (Å²) < 4.78 is 25.2. The van der Waals surface area contributed by atoms with Crippen LogP contribution in [-0.4, -0.2) is 83.0 Å². The number of nitrogens with zero attached hydrogens (tertiary/aromatic N) is 1. The van der Waals surface area contributed by atoms with Crippen LogP contribution in [0.2, 0.25) is 0 Å². The van der Waals surface area contributed by atoms with Crippen molar-refractivity contribution in [1.82, 2.24) is 4.90 Å². The highest BCUT2D eigenvalue weighted by molar-refractivity contribution is 5.89. The molecular weight excluding hydrogens is 578 g/mol. The van der Waals surface area contributed by atoms with E-state index in [1.807, 2.05) is 6.07 Å². The van der Waals surface area contributed by atoms with Gasteiger partial charge in [0.1, 0.15) is 24.4 Å². The van der Waals surface area contributed by atoms with Crippen LogP contribution in [0, 0.1) is 45.8 Å². The summed E-state index contributed by atoms with van der Waals surface area (Å²) in [5.74, 6) is -3.40. The molecule has 3 aliphatic heterocycles. The molecule has 240 valence electrons. The Labute approximate surface area is 262 Å². The van der Waals surface area contributed by atoms with Crippen LogP contribution in [0.25, 0.3) is 0 Å². The summed E-state index contributed by atoms with van der Waals surface area (Å²) in [6, 6.07) is 8.73. The summed E-state index contributed by atoms with van der Waals surface area (Å²) >= 11 is 0. The fourth-order valence-corrected chi connectivity index (χ4v) is 12.4. The molecule has 9 bridgehead atoms. The molecule has 1 aromatic carbocycles. The van der Waals surface area contributed by atoms with Crippen molar-refractivity contribution in [1.29, 1.82) is 0 Å². The summed E-state index contributed by atoms with van der Waals surface area (Å²) in [4.78, 5) is 55.1. The molecule has 3 heterocycles. The fourth-order valence-electron chi connectivity index (χ4n) is 12.4. The van der Waals surface area contributed by atoms with E-state index in [1.54, 1.807) is 38.1 Å². The number of piperidine rings is 2. The lowest BCUT2D eigenvalue weighted by Gasteiger charge is -2.67. The molecule has 9 aliphatic rings. The molecule has 6 aliphatic carbocycles. The second kappa shape index (κ2) is 9.18. The number of aliphatic hydroxyl groups is 1. The summed E-state index contributed by atoms with van der Waals surface area (Å²) in [5.41, 5.74) is -0.617. The molecule has 2 spiro atoms. The Hall–Kier alpha value is -3.24. The Morgan fingerprint density at radius 1 is 0.956 bits per heavy atom. The quantitative estimate of drug-likeness (QED) is 0.288. The van der Waals surface area contributed by atoms with Crippen LogP contribution < -0.4 is 0 Å². The van der Waals surface area contributed by atoms with E-state index in [0.29, 0.717) is 18.5 Å². The van der Waals surface area contributed by atoms with Crippen molar-refractivity contribution in [3.8, 4) is 0 Å². The van der Waals surface area contributed by atoms with Gasteiger partial charge in [0.05, 0.1) is 17.4 Å². The highest BCUT2D eigenvalue weighted by Gasteiger charge is 2.94. The first kappa shape index (κ1) is 29.2. The molecule has 1 aromatic rings. The van der Waals surface area contributed by atoms with Crippen molar-refractivity contribution < 1.29 is 43.2 Å². The van der Waals surface area contributed by atoms with Gasteiger partial charge in [-0.2, -0.15) is 0 Å². The molecule has 45 heavy (non-hydrogen) atoms. The first-order valence-electron chi connectivity index (χ1n) is 16.2. The summed E-state index contributed by atoms with van der Waals surface area (Å²) in [7, 11) is 0. The zero-order chi connectivity index (χ0) is 32.0. The predicted molar refractivity (Wildman–Crippen MR) is 157 cm³/mol. The molecule has 6 saturated carbocycles. The minimum atomic E-state index is -1.10. The lowest BCUT2D eigenvalue weighted by Crippen LogP contribution is -2.75. The van der Waals surface area contributed by atoms with E-state index in [1.165, 1.54) is 13.8 Å². The minimum Gasteiger partial charge on any atom is -0.461 e. The molecule has 0 aromatic heterocycles. The van der Waals surface area contributed by atoms with Crippen LogP contribution in [0.4, 0.5) is 0 Å². The van der Waals surface area contributed by atoms with Crippen molar-refractivity contribution in [2.45, 2.75) is 90.1 Å². The smallest absolute Gasteiger partial charge is 0.338 e. The van der Waals surface area contributed by atoms with Crippen molar-refractivity contribution in [2.75, 3.05) is 6.54 Å². The van der Waals surface area contributed by atoms with Gasteiger partial charge in [0, 0.05) is 55.1 Å². The van der Waals surface area contributed by atoms with E-state index in [2.05, 4.69) is 18.4 Å². The number of benzene rings is 1. The Bertz CT molecular complexity index is 1530. The molecule has 1 N–H and O–H groups in total. The number of ether oxygens (including phenoxy) is 4. The predicted octanol–water partition coefficient (Wildman–Crippen LogP) is 2.92. The van der Waals surface area contributed by atoms with E-state index in [-0.39, 0.29) is 29.8 Å². The molecule has 9 fully saturated rings. The lowest BCUT2D eigenvalue weighted by molar-refractivity contribution is -0.282. The van der Waals surface area contributed by atoms with Gasteiger partial charge in [0.25, 0.3) is 0 Å². The standard InChI is InChI=1S/C35H41NO9/c1-15(2)31(40)45-25-29(39)33(6)14-36-20-13-34-12-16(3)21-23(44-32(41)19-10-8-7-9-11-19)22(34)28(36)35(26(20)33,30(25)43-18(5)38)27(34)24(21)42-17(4)37/h7-11,15,20-30,39H,3,12-14H2,1-2,4-6H3. The van der Waals surface area contributed by atoms with Crippen LogP contribution in [0.1, 0.15) is 57.8 Å². The Balaban J connectivity index is 1.34. The minimum absolute atomic E-state index is 0.0767. The average molecular weight is 620 g/mol. The number of carbonyl (C=O) groups excluding carboxylic acids is 4. The van der Waals surface area contributed by atoms with Crippen LogP contribution in [0.5, 0.6) is 0 Å². The molecular formula is C35H41NO9. The first-order valence-corrected chi connectivity index (χ1v) is 16.2. The first-order chi connectivity index (χ1) is 21.3. The zero-order valence-corrected chi connectivity index (χ0v) is 26.3. The van der Waals surface area contributed by atoms with E-state index in [4.69, 9.17) is 18.9 Å². The van der Waals surface area contributed by atoms with Crippen molar-refractivity contribution >= 4 is 23.9 Å². The van der Waals surface area contributed by atoms with Crippen LogP contribution >= 0.6 is 0 Å². The van der Waals surface area contributed by atoms with Crippen molar-refractivity contribution in [3.63, 3.8) is 0 Å². The second-order valence-corrected chi connectivity index (χ2v) is 15.3. The highest BCUT2D eigenvalue weighted by atomic mass is 16.6. The Morgan fingerprint density at radius 3 is 2.29 bits per heavy atom. The zero-order valence-electron chi connectivity index (χ0n) is 26.3. The van der Waals surface area contributed by atoms with Crippen molar-refractivity contribution in [3.05, 3.63) is 48.0 Å². The lowest BCUT2D eigenvalue weighted by atomic mass is 9.38. The van der Waals surface area contributed by atoms with Gasteiger partial charge in [-0.25, -0.2) is 4.79 Å². The molecule has 0 radical (unpaired) electrons. The Morgan fingerprint density at radius 2 is 1.64 bits per heavy atom. The number of carbonyl (C=O) groups is 4. The summed E-state index contributed by atoms with van der Waals surface area (Å²) in [6.07, 6.45) is -3.04. The topological polar surface area (TPSA) is 129 Å². The van der Waals surface area contributed by atoms with Crippen molar-refractivity contribution in [2.24, 2.45) is 45.8 Å². The van der Waals surface area contributed by atoms with Crippen LogP contribution in [0.15, 0.2) is 42.5 Å². The van der Waals surface area contributed by atoms with E-state index in [0.717, 1.165) is 12.0 Å². The normalized spacial score (nSPS) is 48.8. The number of esters is 4. The van der Waals surface area contributed by atoms with Gasteiger partial charge in [0.15, 0.2) is 6.10 Å². The van der Waals surface area contributed by atoms with Gasteiger partial charge in [0.2, 0.25) is 0 Å². The number of hydrogen-bond donors (Lipinski definition) is 1.